The monoisotopic (exact) mass is 1500 g/mol. The molecule has 0 aliphatic carbocycles. The highest BCUT2D eigenvalue weighted by atomic mass is 31.2. The lowest BCUT2D eigenvalue weighted by Gasteiger charge is -2.21. The molecule has 105 heavy (non-hydrogen) atoms. The topological polar surface area (TPSA) is 231 Å². The third-order valence-electron chi connectivity index (χ3n) is 16.1. The number of rotatable bonds is 74. The summed E-state index contributed by atoms with van der Waals surface area (Å²) in [4.78, 5) is 58.7. The SMILES string of the molecule is CC/C=C\C/C=C\C/C=C\C/C=C\C/C=C\C/C=C\CCCCC(=O)OCC(COP(=O)(O)OCC(O)COP(=O)(O)OCC(O)COC(=O)CCCCCCCCCCCCC/C=C\C/C=C\C/C=C\C/C=C\C/C=C\CC)OC(=O)CCCCCCC/C=C\C/C=C\C/C=C\C/C=C\CCCCC. The Morgan fingerprint density at radius 1 is 0.276 bits per heavy atom. The molecule has 0 saturated heterocycles. The Morgan fingerprint density at radius 3 is 0.819 bits per heavy atom. The van der Waals surface area contributed by atoms with Gasteiger partial charge in [-0.1, -0.05) is 293 Å². The van der Waals surface area contributed by atoms with Crippen molar-refractivity contribution in [1.82, 2.24) is 0 Å². The number of unbranched alkanes of at least 4 members (excludes halogenated alkanes) is 21. The number of phosphoric acid groups is 2. The largest absolute Gasteiger partial charge is 0.472 e. The molecule has 0 fully saturated rings. The second kappa shape index (κ2) is 78.2. The number of allylic oxidation sites excluding steroid dienone is 30. The fourth-order valence-electron chi connectivity index (χ4n) is 10.1. The number of hydrogen-bond acceptors (Lipinski definition) is 14. The number of aliphatic hydroxyl groups is 2. The first-order valence-corrected chi connectivity index (χ1v) is 43.1. The Hall–Kier alpha value is -5.35. The quantitative estimate of drug-likeness (QED) is 0.0146. The lowest BCUT2D eigenvalue weighted by molar-refractivity contribution is -0.161. The predicted octanol–water partition coefficient (Wildman–Crippen LogP) is 23.8. The average Bonchev–Trinajstić information content (AvgIpc) is 0.914. The van der Waals surface area contributed by atoms with Gasteiger partial charge in [0.1, 0.15) is 25.4 Å². The molecule has 0 heterocycles. The standard InChI is InChI=1S/C87H142O16P2/c1-4-7-10-13-16-19-22-25-28-31-34-37-38-39-40-41-42-45-47-49-52-55-58-61-64-67-70-73-85(90)97-76-82(88)77-99-104(93,94)100-78-83(89)79-101-105(95,96)102-81-84(103-87(92)75-72-69-66-63-60-57-54-51-48-44-36-33-30-27-24-21-18-15-12-9-6-3)80-98-86(91)74-71-68-65-62-59-56-53-50-46-43-35-32-29-26-23-20-17-14-11-8-5-2/h7-8,10-11,16-21,25-30,34-37,39-40,43-44,50-51,53-54,59,62,82-84,88-89H,4-6,9,12-15,22-24,31-33,38,41-42,45-49,52,55-58,60-61,63-81H2,1-3H3,(H,93,94)(H,95,96)/b10-7-,11-8-,19-16-,20-17-,21-18-,28-25-,29-26-,30-27-,37-34-,40-39-,43-35-,44-36-,53-50-,54-51-,62-59-. The lowest BCUT2D eigenvalue weighted by Crippen LogP contribution is -2.30. The number of carbonyl (C=O) groups is 3. The lowest BCUT2D eigenvalue weighted by atomic mass is 10.0. The fourth-order valence-corrected chi connectivity index (χ4v) is 11.6. The van der Waals surface area contributed by atoms with Gasteiger partial charge in [-0.15, -0.1) is 0 Å². The highest BCUT2D eigenvalue weighted by Crippen LogP contribution is 2.45. The maximum Gasteiger partial charge on any atom is 0.472 e. The number of phosphoric ester groups is 2. The number of hydrogen-bond donors (Lipinski definition) is 4. The van der Waals surface area contributed by atoms with Crippen molar-refractivity contribution in [2.75, 3.05) is 39.6 Å². The van der Waals surface area contributed by atoms with Crippen molar-refractivity contribution in [1.29, 1.82) is 0 Å². The van der Waals surface area contributed by atoms with Crippen molar-refractivity contribution in [3.05, 3.63) is 182 Å². The molecule has 0 aromatic heterocycles. The van der Waals surface area contributed by atoms with E-state index in [9.17, 15) is 43.5 Å². The van der Waals surface area contributed by atoms with E-state index in [0.29, 0.717) is 19.3 Å². The molecule has 18 heteroatoms. The van der Waals surface area contributed by atoms with Crippen LogP contribution in [0.3, 0.4) is 0 Å². The van der Waals surface area contributed by atoms with Crippen molar-refractivity contribution in [2.24, 2.45) is 0 Å². The molecule has 16 nitrogen and oxygen atoms in total. The molecule has 4 N–H and O–H groups in total. The van der Waals surface area contributed by atoms with Gasteiger partial charge < -0.3 is 34.2 Å². The Kier molecular flexibility index (Phi) is 74.3. The van der Waals surface area contributed by atoms with E-state index in [0.717, 1.165) is 173 Å². The van der Waals surface area contributed by atoms with E-state index >= 15 is 0 Å². The Bertz CT molecular complexity index is 2640. The van der Waals surface area contributed by atoms with Gasteiger partial charge in [0.05, 0.1) is 26.4 Å². The highest BCUT2D eigenvalue weighted by Gasteiger charge is 2.29. The normalized spacial score (nSPS) is 14.9. The molecule has 0 aliphatic heterocycles. The summed E-state index contributed by atoms with van der Waals surface area (Å²) in [7, 11) is -9.83. The van der Waals surface area contributed by atoms with Crippen LogP contribution in [0, 0.1) is 0 Å². The maximum absolute atomic E-state index is 13.0. The van der Waals surface area contributed by atoms with E-state index in [1.807, 2.05) is 0 Å². The van der Waals surface area contributed by atoms with Crippen LogP contribution in [0.25, 0.3) is 0 Å². The second-order valence-electron chi connectivity index (χ2n) is 26.1. The zero-order valence-electron chi connectivity index (χ0n) is 65.1. The summed E-state index contributed by atoms with van der Waals surface area (Å²) in [5.74, 6) is -1.66. The van der Waals surface area contributed by atoms with E-state index < -0.39 is 91.5 Å². The highest BCUT2D eigenvalue weighted by molar-refractivity contribution is 7.47. The smallest absolute Gasteiger partial charge is 0.463 e. The van der Waals surface area contributed by atoms with Gasteiger partial charge in [-0.3, -0.25) is 32.5 Å². The van der Waals surface area contributed by atoms with Crippen LogP contribution in [-0.4, -0.2) is 95.9 Å². The summed E-state index contributed by atoms with van der Waals surface area (Å²) in [6, 6.07) is 0. The zero-order chi connectivity index (χ0) is 76.6. The van der Waals surface area contributed by atoms with Crippen molar-refractivity contribution in [2.45, 2.75) is 309 Å². The molecule has 0 aromatic rings. The molecule has 0 aliphatic rings. The molecular weight excluding hydrogens is 1360 g/mol. The summed E-state index contributed by atoms with van der Waals surface area (Å²) >= 11 is 0. The van der Waals surface area contributed by atoms with Gasteiger partial charge in [-0.2, -0.15) is 0 Å². The first-order chi connectivity index (χ1) is 51.2. The van der Waals surface area contributed by atoms with Crippen LogP contribution in [0.5, 0.6) is 0 Å². The molecule has 596 valence electrons. The maximum atomic E-state index is 13.0. The minimum atomic E-state index is -4.96. The molecule has 0 rings (SSSR count). The predicted molar refractivity (Wildman–Crippen MR) is 435 cm³/mol. The fraction of sp³-hybridized carbons (Fsp3) is 0.621. The number of ether oxygens (including phenoxy) is 3. The molecule has 0 saturated carbocycles. The second-order valence-corrected chi connectivity index (χ2v) is 29.0. The molecule has 0 aromatic carbocycles. The van der Waals surface area contributed by atoms with Crippen molar-refractivity contribution in [3.63, 3.8) is 0 Å². The first kappa shape index (κ1) is 99.7. The number of esters is 3. The van der Waals surface area contributed by atoms with Crippen molar-refractivity contribution < 1.29 is 75.8 Å². The van der Waals surface area contributed by atoms with Crippen molar-refractivity contribution >= 4 is 33.6 Å². The van der Waals surface area contributed by atoms with Gasteiger partial charge in [-0.05, 0) is 161 Å². The molecule has 5 unspecified atom stereocenters. The number of aliphatic hydroxyl groups excluding tert-OH is 2. The molecule has 5 atom stereocenters. The molecule has 0 amide bonds. The Labute approximate surface area is 636 Å². The van der Waals surface area contributed by atoms with E-state index in [1.54, 1.807) is 0 Å². The van der Waals surface area contributed by atoms with Crippen LogP contribution in [0.4, 0.5) is 0 Å². The zero-order valence-corrected chi connectivity index (χ0v) is 66.9. The minimum absolute atomic E-state index is 0.0664. The van der Waals surface area contributed by atoms with E-state index in [4.69, 9.17) is 32.3 Å². The van der Waals surface area contributed by atoms with Gasteiger partial charge in [0.25, 0.3) is 0 Å². The van der Waals surface area contributed by atoms with Crippen LogP contribution in [0.1, 0.15) is 290 Å². The summed E-state index contributed by atoms with van der Waals surface area (Å²) in [6.07, 6.45) is 101. The van der Waals surface area contributed by atoms with E-state index in [-0.39, 0.29) is 19.3 Å². The third kappa shape index (κ3) is 79.5. The van der Waals surface area contributed by atoms with Crippen LogP contribution in [-0.2, 0) is 55.8 Å². The third-order valence-corrected chi connectivity index (χ3v) is 18.0. The van der Waals surface area contributed by atoms with E-state index in [2.05, 4.69) is 203 Å². The molecule has 0 bridgehead atoms. The van der Waals surface area contributed by atoms with Gasteiger partial charge in [-0.25, -0.2) is 9.13 Å². The summed E-state index contributed by atoms with van der Waals surface area (Å²) < 4.78 is 61.2. The van der Waals surface area contributed by atoms with Crippen LogP contribution < -0.4 is 0 Å². The Morgan fingerprint density at radius 2 is 0.505 bits per heavy atom. The first-order valence-electron chi connectivity index (χ1n) is 40.1. The summed E-state index contributed by atoms with van der Waals surface area (Å²) in [5, 5.41) is 20.7. The van der Waals surface area contributed by atoms with Gasteiger partial charge in [0.2, 0.25) is 0 Å². The minimum Gasteiger partial charge on any atom is -0.463 e. The van der Waals surface area contributed by atoms with Crippen LogP contribution >= 0.6 is 15.6 Å². The van der Waals surface area contributed by atoms with Crippen LogP contribution in [0.15, 0.2) is 182 Å². The van der Waals surface area contributed by atoms with Gasteiger partial charge >= 0.3 is 33.6 Å². The average molecular weight is 1510 g/mol. The number of carbonyl (C=O) groups excluding carboxylic acids is 3. The van der Waals surface area contributed by atoms with Gasteiger partial charge in [0.15, 0.2) is 6.10 Å². The summed E-state index contributed by atoms with van der Waals surface area (Å²) in [5.41, 5.74) is 0. The van der Waals surface area contributed by atoms with Crippen LogP contribution in [0.2, 0.25) is 0 Å². The molecule has 0 spiro atoms. The van der Waals surface area contributed by atoms with E-state index in [1.165, 1.54) is 57.8 Å². The summed E-state index contributed by atoms with van der Waals surface area (Å²) in [6.45, 7) is 2.34. The Balaban J connectivity index is 4.72. The van der Waals surface area contributed by atoms with Crippen molar-refractivity contribution in [3.8, 4) is 0 Å². The molecular formula is C87H142O16P2. The molecule has 0 radical (unpaired) electrons. The van der Waals surface area contributed by atoms with Gasteiger partial charge in [0, 0.05) is 19.3 Å².